The maximum absolute atomic E-state index is 8.77. The highest BCUT2D eigenvalue weighted by Crippen LogP contribution is 2.30. The van der Waals surface area contributed by atoms with Gasteiger partial charge in [-0.1, -0.05) is 43.3 Å². The molecule has 0 saturated carbocycles. The Morgan fingerprint density at radius 3 is 2.41 bits per heavy atom. The summed E-state index contributed by atoms with van der Waals surface area (Å²) in [4.78, 5) is 8.54. The van der Waals surface area contributed by atoms with E-state index in [0.717, 1.165) is 22.4 Å². The van der Waals surface area contributed by atoms with Gasteiger partial charge < -0.3 is 5.41 Å². The molecule has 0 aliphatic rings. The molecule has 0 bridgehead atoms. The van der Waals surface area contributed by atoms with Gasteiger partial charge in [0.05, 0.1) is 17.4 Å². The van der Waals surface area contributed by atoms with Gasteiger partial charge in [-0.15, -0.1) is 0 Å². The first kappa shape index (κ1) is 18.9. The number of hydrogen-bond acceptors (Lipinski definition) is 5. The standard InChI is InChI=1S/C22H25N5/c1-16-7-6-12-26-21(16)20(23)17(2)22(19-10-13-25-14-11-19)27(24)15-18-8-4-3-5-9-18/h3-14,17,22-23H,15,24H2,1-2H3. The van der Waals surface area contributed by atoms with Crippen molar-refractivity contribution in [2.45, 2.75) is 26.4 Å². The molecular formula is C22H25N5. The van der Waals surface area contributed by atoms with Crippen LogP contribution < -0.4 is 5.84 Å². The topological polar surface area (TPSA) is 78.9 Å². The molecule has 3 N–H and O–H groups in total. The van der Waals surface area contributed by atoms with E-state index in [1.54, 1.807) is 18.6 Å². The summed E-state index contributed by atoms with van der Waals surface area (Å²) >= 11 is 0. The third kappa shape index (κ3) is 4.45. The van der Waals surface area contributed by atoms with Gasteiger partial charge in [0.2, 0.25) is 0 Å². The molecule has 3 rings (SSSR count). The van der Waals surface area contributed by atoms with Crippen LogP contribution in [0.25, 0.3) is 0 Å². The fourth-order valence-electron chi connectivity index (χ4n) is 3.36. The third-order valence-electron chi connectivity index (χ3n) is 4.81. The van der Waals surface area contributed by atoms with Crippen molar-refractivity contribution < 1.29 is 0 Å². The lowest BCUT2D eigenvalue weighted by Gasteiger charge is -2.33. The number of rotatable bonds is 7. The maximum Gasteiger partial charge on any atom is 0.0869 e. The first-order valence-corrected chi connectivity index (χ1v) is 9.03. The van der Waals surface area contributed by atoms with Gasteiger partial charge in [-0.05, 0) is 41.8 Å². The summed E-state index contributed by atoms with van der Waals surface area (Å²) in [6.07, 6.45) is 5.26. The molecule has 3 aromatic rings. The van der Waals surface area contributed by atoms with Crippen LogP contribution in [-0.4, -0.2) is 20.7 Å². The van der Waals surface area contributed by atoms with Gasteiger partial charge in [0, 0.05) is 31.1 Å². The van der Waals surface area contributed by atoms with Gasteiger partial charge >= 0.3 is 0 Å². The van der Waals surface area contributed by atoms with E-state index in [9.17, 15) is 0 Å². The summed E-state index contributed by atoms with van der Waals surface area (Å²) in [6.45, 7) is 4.61. The maximum atomic E-state index is 8.77. The summed E-state index contributed by atoms with van der Waals surface area (Å²) in [5, 5.41) is 10.6. The van der Waals surface area contributed by atoms with Gasteiger partial charge in [-0.2, -0.15) is 0 Å². The van der Waals surface area contributed by atoms with Crippen molar-refractivity contribution >= 4 is 5.71 Å². The van der Waals surface area contributed by atoms with E-state index >= 15 is 0 Å². The molecule has 0 aliphatic carbocycles. The number of aryl methyl sites for hydroxylation is 1. The van der Waals surface area contributed by atoms with Crippen LogP contribution in [-0.2, 0) is 6.54 Å². The average molecular weight is 359 g/mol. The van der Waals surface area contributed by atoms with Crippen molar-refractivity contribution in [3.05, 3.63) is 95.6 Å². The zero-order chi connectivity index (χ0) is 19.2. The van der Waals surface area contributed by atoms with Crippen molar-refractivity contribution in [2.75, 3.05) is 0 Å². The van der Waals surface area contributed by atoms with Crippen LogP contribution in [0.3, 0.4) is 0 Å². The third-order valence-corrected chi connectivity index (χ3v) is 4.81. The molecule has 5 nitrogen and oxygen atoms in total. The quantitative estimate of drug-likeness (QED) is 0.381. The summed E-state index contributed by atoms with van der Waals surface area (Å²) in [5.41, 5.74) is 4.37. The van der Waals surface area contributed by atoms with Crippen LogP contribution in [0.4, 0.5) is 0 Å². The SMILES string of the molecule is Cc1cccnc1C(=N)C(C)C(c1ccncc1)N(N)Cc1ccccc1. The number of pyridine rings is 2. The normalized spacial score (nSPS) is 13.3. The number of benzene rings is 1. The highest BCUT2D eigenvalue weighted by Gasteiger charge is 2.29. The minimum Gasteiger partial charge on any atom is -0.303 e. The van der Waals surface area contributed by atoms with Gasteiger partial charge in [-0.25, -0.2) is 5.01 Å². The predicted octanol–water partition coefficient (Wildman–Crippen LogP) is 3.91. The second-order valence-electron chi connectivity index (χ2n) is 6.75. The fraction of sp³-hybridized carbons (Fsp3) is 0.227. The first-order valence-electron chi connectivity index (χ1n) is 9.03. The summed E-state index contributed by atoms with van der Waals surface area (Å²) < 4.78 is 0. The van der Waals surface area contributed by atoms with E-state index < -0.39 is 0 Å². The van der Waals surface area contributed by atoms with E-state index in [0.29, 0.717) is 12.3 Å². The molecule has 0 saturated heterocycles. The number of aromatic nitrogens is 2. The van der Waals surface area contributed by atoms with Crippen molar-refractivity contribution in [3.63, 3.8) is 0 Å². The Morgan fingerprint density at radius 2 is 1.74 bits per heavy atom. The molecule has 1 aromatic carbocycles. The zero-order valence-electron chi connectivity index (χ0n) is 15.7. The molecule has 0 fully saturated rings. The molecule has 138 valence electrons. The number of nitrogens with two attached hydrogens (primary N) is 1. The van der Waals surface area contributed by atoms with Crippen molar-refractivity contribution in [2.24, 2.45) is 11.8 Å². The Bertz CT molecular complexity index is 879. The van der Waals surface area contributed by atoms with E-state index in [1.807, 2.05) is 61.3 Å². The second kappa shape index (κ2) is 8.66. The van der Waals surface area contributed by atoms with Gasteiger partial charge in [0.1, 0.15) is 0 Å². The molecule has 0 spiro atoms. The van der Waals surface area contributed by atoms with Crippen molar-refractivity contribution in [1.29, 1.82) is 5.41 Å². The minimum absolute atomic E-state index is 0.144. The Hall–Kier alpha value is -2.89. The minimum atomic E-state index is -0.165. The fourth-order valence-corrected chi connectivity index (χ4v) is 3.36. The lowest BCUT2D eigenvalue weighted by molar-refractivity contribution is 0.166. The molecule has 0 amide bonds. The highest BCUT2D eigenvalue weighted by molar-refractivity contribution is 5.99. The van der Waals surface area contributed by atoms with Crippen LogP contribution in [0.5, 0.6) is 0 Å². The molecule has 2 atom stereocenters. The van der Waals surface area contributed by atoms with E-state index in [-0.39, 0.29) is 12.0 Å². The predicted molar refractivity (Wildman–Crippen MR) is 108 cm³/mol. The Morgan fingerprint density at radius 1 is 1.04 bits per heavy atom. The lowest BCUT2D eigenvalue weighted by atomic mass is 9.87. The van der Waals surface area contributed by atoms with Crippen LogP contribution in [0.2, 0.25) is 0 Å². The summed E-state index contributed by atoms with van der Waals surface area (Å²) in [7, 11) is 0. The number of hydrogen-bond donors (Lipinski definition) is 2. The largest absolute Gasteiger partial charge is 0.303 e. The Labute approximate surface area is 160 Å². The lowest BCUT2D eigenvalue weighted by Crippen LogP contribution is -2.40. The molecule has 0 aliphatic heterocycles. The highest BCUT2D eigenvalue weighted by atomic mass is 15.4. The van der Waals surface area contributed by atoms with Crippen LogP contribution in [0.15, 0.2) is 73.2 Å². The monoisotopic (exact) mass is 359 g/mol. The molecule has 2 unspecified atom stereocenters. The molecule has 2 aromatic heterocycles. The van der Waals surface area contributed by atoms with Gasteiger partial charge in [-0.3, -0.25) is 15.8 Å². The smallest absolute Gasteiger partial charge is 0.0869 e. The molecule has 5 heteroatoms. The van der Waals surface area contributed by atoms with Gasteiger partial charge in [0.15, 0.2) is 0 Å². The van der Waals surface area contributed by atoms with Crippen LogP contribution in [0.1, 0.15) is 35.3 Å². The number of nitrogens with one attached hydrogen (secondary N) is 1. The molecular weight excluding hydrogens is 334 g/mol. The van der Waals surface area contributed by atoms with Crippen molar-refractivity contribution in [1.82, 2.24) is 15.0 Å². The Kier molecular flexibility index (Phi) is 6.06. The number of nitrogens with zero attached hydrogens (tertiary/aromatic N) is 3. The van der Waals surface area contributed by atoms with Crippen LogP contribution in [0, 0.1) is 18.3 Å². The van der Waals surface area contributed by atoms with Crippen LogP contribution >= 0.6 is 0 Å². The summed E-state index contributed by atoms with van der Waals surface area (Å²) in [5.74, 6) is 6.39. The first-order chi connectivity index (χ1) is 13.1. The number of hydrazine groups is 1. The molecule has 2 heterocycles. The van der Waals surface area contributed by atoms with E-state index in [1.165, 1.54) is 0 Å². The van der Waals surface area contributed by atoms with Gasteiger partial charge in [0.25, 0.3) is 0 Å². The summed E-state index contributed by atoms with van der Waals surface area (Å²) in [6, 6.07) is 17.8. The Balaban J connectivity index is 1.92. The molecule has 27 heavy (non-hydrogen) atoms. The van der Waals surface area contributed by atoms with E-state index in [4.69, 9.17) is 11.3 Å². The zero-order valence-corrected chi connectivity index (χ0v) is 15.7. The van der Waals surface area contributed by atoms with Crippen molar-refractivity contribution in [3.8, 4) is 0 Å². The van der Waals surface area contributed by atoms with E-state index in [2.05, 4.69) is 22.1 Å². The average Bonchev–Trinajstić information content (AvgIpc) is 2.69. The second-order valence-corrected chi connectivity index (χ2v) is 6.75. The molecule has 0 radical (unpaired) electrons.